The van der Waals surface area contributed by atoms with Crippen LogP contribution in [0.15, 0.2) is 30.3 Å². The zero-order chi connectivity index (χ0) is 8.93. The van der Waals surface area contributed by atoms with Crippen molar-refractivity contribution in [3.63, 3.8) is 0 Å². The second-order valence-electron chi connectivity index (χ2n) is 3.41. The van der Waals surface area contributed by atoms with E-state index in [1.165, 1.54) is 25.1 Å². The summed E-state index contributed by atoms with van der Waals surface area (Å²) in [6.45, 7) is 2.39. The summed E-state index contributed by atoms with van der Waals surface area (Å²) in [6.07, 6.45) is 1.33. The van der Waals surface area contributed by atoms with Crippen LogP contribution in [0.25, 0.3) is 0 Å². The third-order valence-corrected chi connectivity index (χ3v) is 3.72. The zero-order valence-corrected chi connectivity index (χ0v) is 8.52. The van der Waals surface area contributed by atoms with E-state index >= 15 is 0 Å². The number of rotatable bonds is 3. The van der Waals surface area contributed by atoms with Gasteiger partial charge in [0.25, 0.3) is 0 Å². The predicted molar refractivity (Wildman–Crippen MR) is 59.0 cm³/mol. The van der Waals surface area contributed by atoms with Crippen LogP contribution in [0.1, 0.15) is 12.0 Å². The highest BCUT2D eigenvalue weighted by Crippen LogP contribution is 2.21. The Balaban J connectivity index is 1.79. The average molecular weight is 193 g/mol. The van der Waals surface area contributed by atoms with Gasteiger partial charge in [-0.1, -0.05) is 30.3 Å². The van der Waals surface area contributed by atoms with Gasteiger partial charge in [-0.15, -0.1) is 0 Å². The van der Waals surface area contributed by atoms with Gasteiger partial charge in [0.05, 0.1) is 0 Å². The summed E-state index contributed by atoms with van der Waals surface area (Å²) < 4.78 is 0. The van der Waals surface area contributed by atoms with Crippen LogP contribution in [0.4, 0.5) is 0 Å². The smallest absolute Gasteiger partial charge is 0.0187 e. The molecular weight excluding hydrogens is 178 g/mol. The van der Waals surface area contributed by atoms with E-state index in [1.54, 1.807) is 0 Å². The summed E-state index contributed by atoms with van der Waals surface area (Å²) in [5, 5.41) is 4.22. The molecule has 13 heavy (non-hydrogen) atoms. The molecule has 0 amide bonds. The van der Waals surface area contributed by atoms with Crippen LogP contribution in [0.2, 0.25) is 0 Å². The largest absolute Gasteiger partial charge is 0.316 e. The van der Waals surface area contributed by atoms with Crippen molar-refractivity contribution in [3.8, 4) is 0 Å². The fraction of sp³-hybridized carbons (Fsp3) is 0.455. The van der Waals surface area contributed by atoms with Crippen LogP contribution >= 0.6 is 11.8 Å². The Kier molecular flexibility index (Phi) is 3.27. The molecule has 1 unspecified atom stereocenters. The minimum atomic E-state index is 0.834. The van der Waals surface area contributed by atoms with Gasteiger partial charge in [-0.2, -0.15) is 11.8 Å². The minimum Gasteiger partial charge on any atom is -0.316 e. The van der Waals surface area contributed by atoms with Crippen molar-refractivity contribution < 1.29 is 0 Å². The molecule has 1 nitrogen and oxygen atoms in total. The molecule has 1 fully saturated rings. The summed E-state index contributed by atoms with van der Waals surface area (Å²) in [4.78, 5) is 0. The van der Waals surface area contributed by atoms with Gasteiger partial charge in [0, 0.05) is 17.5 Å². The molecule has 1 aromatic carbocycles. The second kappa shape index (κ2) is 4.68. The average Bonchev–Trinajstić information content (AvgIpc) is 2.69. The predicted octanol–water partition coefficient (Wildman–Crippen LogP) is 2.28. The minimum absolute atomic E-state index is 0.834. The fourth-order valence-corrected chi connectivity index (χ4v) is 2.70. The fourth-order valence-electron chi connectivity index (χ4n) is 1.56. The molecule has 1 aliphatic rings. The normalized spacial score (nSPS) is 22.0. The molecule has 0 bridgehead atoms. The van der Waals surface area contributed by atoms with Gasteiger partial charge in [0.15, 0.2) is 0 Å². The van der Waals surface area contributed by atoms with Gasteiger partial charge < -0.3 is 5.32 Å². The molecule has 1 N–H and O–H groups in total. The number of hydrogen-bond donors (Lipinski definition) is 1. The number of thioether (sulfide) groups is 1. The van der Waals surface area contributed by atoms with E-state index in [4.69, 9.17) is 0 Å². The monoisotopic (exact) mass is 193 g/mol. The molecular formula is C11H15NS. The summed E-state index contributed by atoms with van der Waals surface area (Å²) in [5.74, 6) is 1.16. The molecule has 0 spiro atoms. The van der Waals surface area contributed by atoms with Crippen molar-refractivity contribution in [3.05, 3.63) is 35.9 Å². The standard InChI is InChI=1S/C11H15NS/c1-2-4-10(5-3-1)9-13-11-6-7-12-8-11/h1-5,11-12H,6-9H2. The van der Waals surface area contributed by atoms with E-state index in [0.717, 1.165) is 11.0 Å². The van der Waals surface area contributed by atoms with Crippen LogP contribution in [-0.4, -0.2) is 18.3 Å². The molecule has 1 heterocycles. The first kappa shape index (κ1) is 9.10. The highest BCUT2D eigenvalue weighted by molar-refractivity contribution is 7.99. The van der Waals surface area contributed by atoms with Crippen LogP contribution in [0.3, 0.4) is 0 Å². The van der Waals surface area contributed by atoms with Crippen molar-refractivity contribution in [1.82, 2.24) is 5.32 Å². The molecule has 0 radical (unpaired) electrons. The van der Waals surface area contributed by atoms with Gasteiger partial charge in [0.2, 0.25) is 0 Å². The SMILES string of the molecule is c1ccc(CSC2CCNC2)cc1. The highest BCUT2D eigenvalue weighted by atomic mass is 32.2. The molecule has 1 atom stereocenters. The molecule has 1 saturated heterocycles. The van der Waals surface area contributed by atoms with E-state index < -0.39 is 0 Å². The van der Waals surface area contributed by atoms with Gasteiger partial charge >= 0.3 is 0 Å². The third-order valence-electron chi connectivity index (χ3n) is 2.34. The number of hydrogen-bond acceptors (Lipinski definition) is 2. The Labute approximate surface area is 83.9 Å². The van der Waals surface area contributed by atoms with Crippen molar-refractivity contribution >= 4 is 11.8 Å². The summed E-state index contributed by atoms with van der Waals surface area (Å²) >= 11 is 2.07. The second-order valence-corrected chi connectivity index (χ2v) is 4.70. The van der Waals surface area contributed by atoms with E-state index in [9.17, 15) is 0 Å². The molecule has 1 aliphatic heterocycles. The lowest BCUT2D eigenvalue weighted by Crippen LogP contribution is -2.10. The van der Waals surface area contributed by atoms with Gasteiger partial charge in [-0.05, 0) is 18.5 Å². The first-order valence-electron chi connectivity index (χ1n) is 4.81. The van der Waals surface area contributed by atoms with Crippen LogP contribution in [-0.2, 0) is 5.75 Å². The first-order valence-corrected chi connectivity index (χ1v) is 5.86. The van der Waals surface area contributed by atoms with Crippen LogP contribution in [0, 0.1) is 0 Å². The van der Waals surface area contributed by atoms with E-state index in [0.29, 0.717) is 0 Å². The first-order chi connectivity index (χ1) is 6.45. The highest BCUT2D eigenvalue weighted by Gasteiger charge is 2.13. The maximum Gasteiger partial charge on any atom is 0.0187 e. The lowest BCUT2D eigenvalue weighted by Gasteiger charge is -2.07. The Morgan fingerprint density at radius 1 is 1.31 bits per heavy atom. The quantitative estimate of drug-likeness (QED) is 0.790. The Morgan fingerprint density at radius 3 is 2.85 bits per heavy atom. The maximum atomic E-state index is 3.39. The third kappa shape index (κ3) is 2.75. The molecule has 0 aromatic heterocycles. The van der Waals surface area contributed by atoms with Gasteiger partial charge in [-0.3, -0.25) is 0 Å². The van der Waals surface area contributed by atoms with Crippen molar-refractivity contribution in [2.75, 3.05) is 13.1 Å². The van der Waals surface area contributed by atoms with Gasteiger partial charge in [0.1, 0.15) is 0 Å². The molecule has 1 aromatic rings. The molecule has 70 valence electrons. The molecule has 0 aliphatic carbocycles. The summed E-state index contributed by atoms with van der Waals surface area (Å²) in [6, 6.07) is 10.7. The molecule has 2 rings (SSSR count). The summed E-state index contributed by atoms with van der Waals surface area (Å²) in [7, 11) is 0. The molecule has 2 heteroatoms. The van der Waals surface area contributed by atoms with E-state index in [2.05, 4.69) is 47.4 Å². The van der Waals surface area contributed by atoms with Crippen LogP contribution in [0.5, 0.6) is 0 Å². The van der Waals surface area contributed by atoms with Crippen molar-refractivity contribution in [2.24, 2.45) is 0 Å². The van der Waals surface area contributed by atoms with Crippen molar-refractivity contribution in [1.29, 1.82) is 0 Å². The lowest BCUT2D eigenvalue weighted by atomic mass is 10.2. The topological polar surface area (TPSA) is 12.0 Å². The van der Waals surface area contributed by atoms with Gasteiger partial charge in [-0.25, -0.2) is 0 Å². The summed E-state index contributed by atoms with van der Waals surface area (Å²) in [5.41, 5.74) is 1.44. The number of nitrogens with one attached hydrogen (secondary N) is 1. The maximum absolute atomic E-state index is 3.39. The Morgan fingerprint density at radius 2 is 2.15 bits per heavy atom. The van der Waals surface area contributed by atoms with Crippen LogP contribution < -0.4 is 5.32 Å². The molecule has 0 saturated carbocycles. The zero-order valence-electron chi connectivity index (χ0n) is 7.70. The Bertz CT molecular complexity index is 242. The van der Waals surface area contributed by atoms with Crippen molar-refractivity contribution in [2.45, 2.75) is 17.4 Å². The number of benzene rings is 1. The lowest BCUT2D eigenvalue weighted by molar-refractivity contribution is 0.858. The van der Waals surface area contributed by atoms with E-state index in [-0.39, 0.29) is 0 Å². The van der Waals surface area contributed by atoms with E-state index in [1.807, 2.05) is 0 Å². The Hall–Kier alpha value is -0.470.